The molecule has 0 fully saturated rings. The van der Waals surface area contributed by atoms with Crippen LogP contribution in [0.4, 0.5) is 25.8 Å². The number of anilines is 2. The molecule has 0 radical (unpaired) electrons. The van der Waals surface area contributed by atoms with Crippen LogP contribution in [-0.2, 0) is 0 Å². The third-order valence-electron chi connectivity index (χ3n) is 2.58. The summed E-state index contributed by atoms with van der Waals surface area (Å²) >= 11 is 0. The Hall–Kier alpha value is -3.03. The third kappa shape index (κ3) is 3.30. The van der Waals surface area contributed by atoms with Gasteiger partial charge in [0.2, 0.25) is 0 Å². The third-order valence-corrected chi connectivity index (χ3v) is 2.58. The molecular formula is C13H8F2N2O4. The van der Waals surface area contributed by atoms with Gasteiger partial charge >= 0.3 is 5.97 Å². The van der Waals surface area contributed by atoms with Crippen LogP contribution in [0.15, 0.2) is 36.4 Å². The minimum Gasteiger partial charge on any atom is -0.478 e. The Morgan fingerprint density at radius 1 is 1.14 bits per heavy atom. The number of nitro benzene ring substituents is 1. The van der Waals surface area contributed by atoms with Crippen LogP contribution >= 0.6 is 0 Å². The van der Waals surface area contributed by atoms with E-state index in [0.717, 1.165) is 30.3 Å². The summed E-state index contributed by atoms with van der Waals surface area (Å²) in [6.45, 7) is 0. The van der Waals surface area contributed by atoms with E-state index in [1.54, 1.807) is 0 Å². The maximum Gasteiger partial charge on any atom is 0.335 e. The molecule has 0 aliphatic heterocycles. The van der Waals surface area contributed by atoms with Gasteiger partial charge in [-0.25, -0.2) is 13.6 Å². The van der Waals surface area contributed by atoms with E-state index in [4.69, 9.17) is 5.11 Å². The van der Waals surface area contributed by atoms with E-state index in [-0.39, 0.29) is 16.9 Å². The molecule has 2 aromatic carbocycles. The Kier molecular flexibility index (Phi) is 3.79. The first-order valence-corrected chi connectivity index (χ1v) is 5.61. The fourth-order valence-electron chi connectivity index (χ4n) is 1.70. The van der Waals surface area contributed by atoms with Crippen molar-refractivity contribution < 1.29 is 23.6 Å². The number of benzene rings is 2. The first kappa shape index (κ1) is 14.4. The number of nitrogens with one attached hydrogen (secondary N) is 1. The summed E-state index contributed by atoms with van der Waals surface area (Å²) in [4.78, 5) is 21.0. The van der Waals surface area contributed by atoms with Gasteiger partial charge in [0.15, 0.2) is 0 Å². The van der Waals surface area contributed by atoms with E-state index in [2.05, 4.69) is 5.32 Å². The molecule has 108 valence electrons. The zero-order chi connectivity index (χ0) is 15.6. The lowest BCUT2D eigenvalue weighted by Crippen LogP contribution is -2.02. The topological polar surface area (TPSA) is 92.5 Å². The van der Waals surface area contributed by atoms with Crippen LogP contribution in [0.5, 0.6) is 0 Å². The van der Waals surface area contributed by atoms with Gasteiger partial charge in [0, 0.05) is 17.8 Å². The van der Waals surface area contributed by atoms with E-state index in [1.807, 2.05) is 0 Å². The van der Waals surface area contributed by atoms with Gasteiger partial charge in [-0.15, -0.1) is 0 Å². The molecule has 0 aromatic heterocycles. The zero-order valence-corrected chi connectivity index (χ0v) is 10.3. The van der Waals surface area contributed by atoms with Crippen LogP contribution < -0.4 is 5.32 Å². The maximum absolute atomic E-state index is 13.1. The molecule has 0 amide bonds. The lowest BCUT2D eigenvalue weighted by Gasteiger charge is -2.08. The molecule has 8 heteroatoms. The van der Waals surface area contributed by atoms with Crippen LogP contribution in [0.1, 0.15) is 10.4 Å². The lowest BCUT2D eigenvalue weighted by atomic mass is 10.1. The fraction of sp³-hybridized carbons (Fsp3) is 0. The van der Waals surface area contributed by atoms with Crippen LogP contribution in [0.2, 0.25) is 0 Å². The minimum atomic E-state index is -1.32. The number of carboxylic acids is 1. The van der Waals surface area contributed by atoms with Crippen molar-refractivity contribution in [2.75, 3.05) is 5.32 Å². The predicted molar refractivity (Wildman–Crippen MR) is 69.7 cm³/mol. The Morgan fingerprint density at radius 3 is 2.29 bits per heavy atom. The molecule has 0 heterocycles. The van der Waals surface area contributed by atoms with Gasteiger partial charge in [0.25, 0.3) is 5.69 Å². The molecule has 0 saturated carbocycles. The van der Waals surface area contributed by atoms with Gasteiger partial charge in [-0.2, -0.15) is 0 Å². The summed E-state index contributed by atoms with van der Waals surface area (Å²) in [5, 5.41) is 22.2. The summed E-state index contributed by atoms with van der Waals surface area (Å²) in [7, 11) is 0. The normalized spacial score (nSPS) is 10.2. The number of rotatable bonds is 4. The van der Waals surface area contributed by atoms with Crippen LogP contribution in [0.25, 0.3) is 0 Å². The molecule has 0 saturated heterocycles. The number of hydrogen-bond acceptors (Lipinski definition) is 4. The molecular weight excluding hydrogens is 286 g/mol. The summed E-state index contributed by atoms with van der Waals surface area (Å²) in [6.07, 6.45) is 0. The quantitative estimate of drug-likeness (QED) is 0.666. The van der Waals surface area contributed by atoms with Crippen molar-refractivity contribution in [3.63, 3.8) is 0 Å². The second kappa shape index (κ2) is 5.53. The number of carboxylic acid groups (broad SMARTS) is 1. The molecule has 2 aromatic rings. The fourth-order valence-corrected chi connectivity index (χ4v) is 1.70. The summed E-state index contributed by atoms with van der Waals surface area (Å²) in [6, 6.07) is 5.74. The van der Waals surface area contributed by atoms with E-state index < -0.39 is 28.2 Å². The highest BCUT2D eigenvalue weighted by Gasteiger charge is 2.17. The van der Waals surface area contributed by atoms with Crippen molar-refractivity contribution in [1.82, 2.24) is 0 Å². The number of carbonyl (C=O) groups is 1. The zero-order valence-electron chi connectivity index (χ0n) is 10.3. The Labute approximate surface area is 116 Å². The molecule has 6 nitrogen and oxygen atoms in total. The summed E-state index contributed by atoms with van der Waals surface area (Å²) < 4.78 is 26.1. The highest BCUT2D eigenvalue weighted by Crippen LogP contribution is 2.29. The van der Waals surface area contributed by atoms with Crippen molar-refractivity contribution in [3.05, 3.63) is 63.7 Å². The molecule has 2 rings (SSSR count). The van der Waals surface area contributed by atoms with Crippen molar-refractivity contribution >= 4 is 23.0 Å². The van der Waals surface area contributed by atoms with Crippen LogP contribution in [0.3, 0.4) is 0 Å². The monoisotopic (exact) mass is 294 g/mol. The Morgan fingerprint density at radius 2 is 1.76 bits per heavy atom. The maximum atomic E-state index is 13.1. The number of nitro groups is 1. The molecule has 0 unspecified atom stereocenters. The average molecular weight is 294 g/mol. The van der Waals surface area contributed by atoms with Crippen molar-refractivity contribution in [2.45, 2.75) is 0 Å². The Balaban J connectivity index is 2.43. The minimum absolute atomic E-state index is 0.0290. The van der Waals surface area contributed by atoms with Gasteiger partial charge in [-0.05, 0) is 24.3 Å². The Bertz CT molecular complexity index is 714. The predicted octanol–water partition coefficient (Wildman–Crippen LogP) is 3.31. The van der Waals surface area contributed by atoms with Crippen molar-refractivity contribution in [2.24, 2.45) is 0 Å². The number of aromatic carboxylic acids is 1. The van der Waals surface area contributed by atoms with E-state index in [1.165, 1.54) is 0 Å². The molecule has 0 bridgehead atoms. The second-order valence-corrected chi connectivity index (χ2v) is 4.08. The van der Waals surface area contributed by atoms with E-state index >= 15 is 0 Å². The van der Waals surface area contributed by atoms with Crippen LogP contribution in [0, 0.1) is 21.7 Å². The van der Waals surface area contributed by atoms with Crippen LogP contribution in [-0.4, -0.2) is 16.0 Å². The molecule has 0 aliphatic carbocycles. The highest BCUT2D eigenvalue weighted by atomic mass is 19.1. The SMILES string of the molecule is O=C(O)c1ccc(Nc2cc(F)cc(F)c2)c([N+](=O)[O-])c1. The van der Waals surface area contributed by atoms with Crippen molar-refractivity contribution in [3.8, 4) is 0 Å². The molecule has 0 atom stereocenters. The first-order valence-electron chi connectivity index (χ1n) is 5.61. The smallest absolute Gasteiger partial charge is 0.335 e. The molecule has 0 spiro atoms. The number of hydrogen-bond donors (Lipinski definition) is 2. The second-order valence-electron chi connectivity index (χ2n) is 4.08. The summed E-state index contributed by atoms with van der Waals surface area (Å²) in [5.41, 5.74) is -0.883. The van der Waals surface area contributed by atoms with Gasteiger partial charge < -0.3 is 10.4 Å². The highest BCUT2D eigenvalue weighted by molar-refractivity contribution is 5.90. The standard InChI is InChI=1S/C13H8F2N2O4/c14-8-4-9(15)6-10(5-8)16-11-2-1-7(13(18)19)3-12(11)17(20)21/h1-6,16H,(H,18,19). The van der Waals surface area contributed by atoms with E-state index in [9.17, 15) is 23.7 Å². The average Bonchev–Trinajstić information content (AvgIpc) is 2.37. The molecule has 0 aliphatic rings. The van der Waals surface area contributed by atoms with Gasteiger partial charge in [-0.3, -0.25) is 10.1 Å². The molecule has 2 N–H and O–H groups in total. The van der Waals surface area contributed by atoms with Gasteiger partial charge in [0.1, 0.15) is 17.3 Å². The largest absolute Gasteiger partial charge is 0.478 e. The lowest BCUT2D eigenvalue weighted by molar-refractivity contribution is -0.383. The summed E-state index contributed by atoms with van der Waals surface area (Å²) in [5.74, 6) is -3.01. The van der Waals surface area contributed by atoms with Gasteiger partial charge in [0.05, 0.1) is 10.5 Å². The van der Waals surface area contributed by atoms with E-state index in [0.29, 0.717) is 6.07 Å². The number of nitrogens with zero attached hydrogens (tertiary/aromatic N) is 1. The van der Waals surface area contributed by atoms with Gasteiger partial charge in [-0.1, -0.05) is 0 Å². The molecule has 21 heavy (non-hydrogen) atoms. The number of halogens is 2. The first-order chi connectivity index (χ1) is 9.86. The van der Waals surface area contributed by atoms with Crippen molar-refractivity contribution in [1.29, 1.82) is 0 Å².